The van der Waals surface area contributed by atoms with Gasteiger partial charge in [0.05, 0.1) is 0 Å². The lowest BCUT2D eigenvalue weighted by Crippen LogP contribution is -2.46. The summed E-state index contributed by atoms with van der Waals surface area (Å²) in [6, 6.07) is 8.81. The first-order chi connectivity index (χ1) is 13.5. The highest BCUT2D eigenvalue weighted by Gasteiger charge is 2.54. The second-order valence-corrected chi connectivity index (χ2v) is 8.50. The van der Waals surface area contributed by atoms with Crippen LogP contribution in [-0.4, -0.2) is 35.8 Å². The molecule has 0 saturated carbocycles. The zero-order valence-corrected chi connectivity index (χ0v) is 16.7. The number of nitrogens with one attached hydrogen (secondary N) is 2. The van der Waals surface area contributed by atoms with Gasteiger partial charge in [-0.15, -0.1) is 11.3 Å². The van der Waals surface area contributed by atoms with Gasteiger partial charge in [-0.1, -0.05) is 23.7 Å². The number of imide groups is 1. The Morgan fingerprint density at radius 1 is 1.25 bits per heavy atom. The van der Waals surface area contributed by atoms with Crippen molar-refractivity contribution < 1.29 is 14.4 Å². The van der Waals surface area contributed by atoms with Crippen LogP contribution in [0.25, 0.3) is 0 Å². The summed E-state index contributed by atoms with van der Waals surface area (Å²) in [6.45, 7) is 0.149. The standard InChI is InChI=1S/C20H20ClN3O3S/c21-14-5-3-13(4-6-14)7-10-22-17(25)12-24-18(26)20(23-19(24)27)9-1-2-16-15(20)8-11-28-16/h3-6,8,11H,1-2,7,9-10,12H2,(H,22,25)(H,23,27)/t20-/m1/s1. The van der Waals surface area contributed by atoms with Crippen molar-refractivity contribution in [3.8, 4) is 0 Å². The molecule has 1 saturated heterocycles. The Kier molecular flexibility index (Phi) is 5.12. The first-order valence-electron chi connectivity index (χ1n) is 9.22. The van der Waals surface area contributed by atoms with Gasteiger partial charge < -0.3 is 10.6 Å². The van der Waals surface area contributed by atoms with Gasteiger partial charge in [-0.3, -0.25) is 14.5 Å². The van der Waals surface area contributed by atoms with Gasteiger partial charge in [0.2, 0.25) is 5.91 Å². The number of rotatable bonds is 5. The fraction of sp³-hybridized carbons (Fsp3) is 0.350. The predicted octanol–water partition coefficient (Wildman–Crippen LogP) is 2.84. The van der Waals surface area contributed by atoms with E-state index in [1.165, 1.54) is 0 Å². The van der Waals surface area contributed by atoms with Crippen LogP contribution < -0.4 is 10.6 Å². The van der Waals surface area contributed by atoms with Crippen LogP contribution >= 0.6 is 22.9 Å². The largest absolute Gasteiger partial charge is 0.354 e. The molecule has 8 heteroatoms. The maximum atomic E-state index is 13.1. The SMILES string of the molecule is O=C(CN1C(=O)N[C@@]2(CCCc3sccc32)C1=O)NCCc1ccc(Cl)cc1. The van der Waals surface area contributed by atoms with Crippen LogP contribution in [0.5, 0.6) is 0 Å². The lowest BCUT2D eigenvalue weighted by molar-refractivity contribution is -0.135. The van der Waals surface area contributed by atoms with Crippen LogP contribution in [0.4, 0.5) is 4.79 Å². The predicted molar refractivity (Wildman–Crippen MR) is 107 cm³/mol. The van der Waals surface area contributed by atoms with Crippen LogP contribution in [0.2, 0.25) is 5.02 Å². The molecule has 4 rings (SSSR count). The second-order valence-electron chi connectivity index (χ2n) is 7.06. The number of hydrogen-bond acceptors (Lipinski definition) is 4. The number of carbonyl (C=O) groups excluding carboxylic acids is 3. The second kappa shape index (κ2) is 7.56. The van der Waals surface area contributed by atoms with E-state index in [9.17, 15) is 14.4 Å². The zero-order valence-electron chi connectivity index (χ0n) is 15.2. The van der Waals surface area contributed by atoms with E-state index in [0.717, 1.165) is 33.7 Å². The summed E-state index contributed by atoms with van der Waals surface area (Å²) in [6.07, 6.45) is 2.96. The highest BCUT2D eigenvalue weighted by Crippen LogP contribution is 2.41. The Hall–Kier alpha value is -2.38. The van der Waals surface area contributed by atoms with Crippen LogP contribution in [0, 0.1) is 0 Å². The Morgan fingerprint density at radius 2 is 2.04 bits per heavy atom. The van der Waals surface area contributed by atoms with E-state index in [2.05, 4.69) is 10.6 Å². The monoisotopic (exact) mass is 417 g/mol. The first kappa shape index (κ1) is 19.0. The number of fused-ring (bicyclic) bond motifs is 2. The molecule has 28 heavy (non-hydrogen) atoms. The summed E-state index contributed by atoms with van der Waals surface area (Å²) in [5.74, 6) is -0.680. The Balaban J connectivity index is 1.37. The zero-order chi connectivity index (χ0) is 19.7. The number of thiophene rings is 1. The first-order valence-corrected chi connectivity index (χ1v) is 10.5. The Morgan fingerprint density at radius 3 is 2.82 bits per heavy atom. The van der Waals surface area contributed by atoms with Crippen molar-refractivity contribution in [3.05, 3.63) is 56.7 Å². The molecule has 0 unspecified atom stereocenters. The third-order valence-corrected chi connectivity index (χ3v) is 6.52. The molecule has 2 aliphatic rings. The molecule has 1 aromatic heterocycles. The normalized spacial score (nSPS) is 21.0. The van der Waals surface area contributed by atoms with Gasteiger partial charge in [0.15, 0.2) is 0 Å². The van der Waals surface area contributed by atoms with Gasteiger partial charge in [0.25, 0.3) is 5.91 Å². The summed E-state index contributed by atoms with van der Waals surface area (Å²) < 4.78 is 0. The van der Waals surface area contributed by atoms with Gasteiger partial charge in [-0.2, -0.15) is 0 Å². The number of amides is 4. The van der Waals surface area contributed by atoms with Gasteiger partial charge in [-0.25, -0.2) is 4.79 Å². The molecule has 1 aliphatic carbocycles. The van der Waals surface area contributed by atoms with Crippen molar-refractivity contribution in [1.82, 2.24) is 15.5 Å². The topological polar surface area (TPSA) is 78.5 Å². The minimum atomic E-state index is -1.01. The molecule has 0 radical (unpaired) electrons. The van der Waals surface area contributed by atoms with E-state index in [1.807, 2.05) is 23.6 Å². The molecule has 4 amide bonds. The highest BCUT2D eigenvalue weighted by atomic mass is 35.5. The summed E-state index contributed by atoms with van der Waals surface area (Å²) in [5, 5.41) is 8.24. The van der Waals surface area contributed by atoms with E-state index in [1.54, 1.807) is 23.5 Å². The minimum Gasteiger partial charge on any atom is -0.354 e. The van der Waals surface area contributed by atoms with Crippen LogP contribution in [-0.2, 0) is 28.0 Å². The smallest absolute Gasteiger partial charge is 0.325 e. The molecular weight excluding hydrogens is 398 g/mol. The molecule has 2 aromatic rings. The van der Waals surface area contributed by atoms with E-state index in [-0.39, 0.29) is 18.4 Å². The molecule has 146 valence electrons. The number of carbonyl (C=O) groups is 3. The van der Waals surface area contributed by atoms with Crippen LogP contribution in [0.3, 0.4) is 0 Å². The summed E-state index contributed by atoms with van der Waals surface area (Å²) in [4.78, 5) is 40.0. The lowest BCUT2D eigenvalue weighted by Gasteiger charge is -2.31. The van der Waals surface area contributed by atoms with Crippen molar-refractivity contribution in [3.63, 3.8) is 0 Å². The number of urea groups is 1. The molecule has 1 fully saturated rings. The molecule has 6 nitrogen and oxygen atoms in total. The fourth-order valence-corrected chi connectivity index (χ4v) is 5.01. The lowest BCUT2D eigenvalue weighted by atomic mass is 9.80. The summed E-state index contributed by atoms with van der Waals surface area (Å²) >= 11 is 7.46. The molecule has 1 spiro atoms. The number of halogens is 1. The summed E-state index contributed by atoms with van der Waals surface area (Å²) in [5.41, 5.74) is 0.924. The van der Waals surface area contributed by atoms with Crippen molar-refractivity contribution in [1.29, 1.82) is 0 Å². The van der Waals surface area contributed by atoms with Crippen LogP contribution in [0.1, 0.15) is 28.8 Å². The van der Waals surface area contributed by atoms with Crippen molar-refractivity contribution in [2.75, 3.05) is 13.1 Å². The van der Waals surface area contributed by atoms with E-state index >= 15 is 0 Å². The molecule has 1 aromatic carbocycles. The van der Waals surface area contributed by atoms with Gasteiger partial charge in [0.1, 0.15) is 12.1 Å². The molecule has 2 heterocycles. The maximum absolute atomic E-state index is 13.1. The fourth-order valence-electron chi connectivity index (χ4n) is 3.88. The Bertz CT molecular complexity index is 927. The van der Waals surface area contributed by atoms with E-state index in [0.29, 0.717) is 24.4 Å². The highest BCUT2D eigenvalue weighted by molar-refractivity contribution is 7.10. The maximum Gasteiger partial charge on any atom is 0.325 e. The number of aryl methyl sites for hydroxylation is 1. The van der Waals surface area contributed by atoms with Crippen molar-refractivity contribution in [2.24, 2.45) is 0 Å². The third-order valence-electron chi connectivity index (χ3n) is 5.29. The van der Waals surface area contributed by atoms with Gasteiger partial charge >= 0.3 is 6.03 Å². The molecule has 0 bridgehead atoms. The van der Waals surface area contributed by atoms with Crippen molar-refractivity contribution in [2.45, 2.75) is 31.2 Å². The van der Waals surface area contributed by atoms with E-state index in [4.69, 9.17) is 11.6 Å². The quantitative estimate of drug-likeness (QED) is 0.734. The van der Waals surface area contributed by atoms with E-state index < -0.39 is 11.6 Å². The van der Waals surface area contributed by atoms with Crippen molar-refractivity contribution >= 4 is 40.8 Å². The Labute approximate surface area is 171 Å². The van der Waals surface area contributed by atoms with Gasteiger partial charge in [-0.05, 0) is 54.8 Å². The average Bonchev–Trinajstić information content (AvgIpc) is 3.24. The van der Waals surface area contributed by atoms with Gasteiger partial charge in [0, 0.05) is 22.0 Å². The van der Waals surface area contributed by atoms with Crippen LogP contribution in [0.15, 0.2) is 35.7 Å². The molecule has 1 aliphatic heterocycles. The third kappa shape index (κ3) is 3.40. The molecule has 2 N–H and O–H groups in total. The summed E-state index contributed by atoms with van der Waals surface area (Å²) in [7, 11) is 0. The number of nitrogens with zero attached hydrogens (tertiary/aromatic N) is 1. The number of benzene rings is 1. The average molecular weight is 418 g/mol. The molecular formula is C20H20ClN3O3S. The number of hydrogen-bond donors (Lipinski definition) is 2. The minimum absolute atomic E-state index is 0.271. The molecule has 1 atom stereocenters.